The fourth-order valence-corrected chi connectivity index (χ4v) is 3.44. The minimum Gasteiger partial charge on any atom is -0.435 e. The van der Waals surface area contributed by atoms with E-state index in [0.29, 0.717) is 6.42 Å². The molecule has 0 aromatic heterocycles. The molecule has 10 heteroatoms. The highest BCUT2D eigenvalue weighted by atomic mass is 32.2. The summed E-state index contributed by atoms with van der Waals surface area (Å²) in [5.41, 5.74) is 0.786. The number of benzene rings is 2. The topological polar surface area (TPSA) is 75.7 Å². The number of nitrogens with one attached hydrogen (secondary N) is 1. The number of alkyl halides is 2. The summed E-state index contributed by atoms with van der Waals surface area (Å²) >= 11 is 0. The monoisotopic (exact) mass is 416 g/mol. The Bertz CT molecular complexity index is 888. The molecule has 0 radical (unpaired) electrons. The van der Waals surface area contributed by atoms with Gasteiger partial charge in [-0.05, 0) is 48.4 Å². The highest BCUT2D eigenvalue weighted by Gasteiger charge is 2.22. The zero-order valence-electron chi connectivity index (χ0n) is 14.9. The molecule has 0 heterocycles. The standard InChI is InChI=1S/C18H19F3N2O4S/c1-23(28(25,26)16-8-4-14(19)5-9-16)12-17(24)22-11-10-13-2-6-15(7-3-13)27-18(20)21/h2-9,18H,10-12H2,1H3,(H,22,24). The Balaban J connectivity index is 1.82. The summed E-state index contributed by atoms with van der Waals surface area (Å²) < 4.78 is 66.9. The number of rotatable bonds is 9. The van der Waals surface area contributed by atoms with Gasteiger partial charge < -0.3 is 10.1 Å². The van der Waals surface area contributed by atoms with Crippen molar-refractivity contribution in [2.24, 2.45) is 0 Å². The minimum absolute atomic E-state index is 0.0374. The zero-order chi connectivity index (χ0) is 20.7. The first kappa shape index (κ1) is 21.7. The van der Waals surface area contributed by atoms with Crippen LogP contribution in [0.2, 0.25) is 0 Å². The van der Waals surface area contributed by atoms with Crippen molar-refractivity contribution in [2.75, 3.05) is 20.1 Å². The predicted molar refractivity (Wildman–Crippen MR) is 96.0 cm³/mol. The molecule has 0 spiro atoms. The molecular weight excluding hydrogens is 397 g/mol. The summed E-state index contributed by atoms with van der Waals surface area (Å²) in [5, 5.41) is 2.59. The van der Waals surface area contributed by atoms with Crippen LogP contribution in [0.5, 0.6) is 5.75 Å². The Labute approximate surface area is 161 Å². The molecule has 0 aliphatic rings. The van der Waals surface area contributed by atoms with E-state index in [4.69, 9.17) is 0 Å². The van der Waals surface area contributed by atoms with Gasteiger partial charge in [-0.25, -0.2) is 12.8 Å². The summed E-state index contributed by atoms with van der Waals surface area (Å²) in [7, 11) is -2.66. The summed E-state index contributed by atoms with van der Waals surface area (Å²) in [6.45, 7) is -3.06. The Hall–Kier alpha value is -2.59. The van der Waals surface area contributed by atoms with Crippen molar-refractivity contribution in [3.8, 4) is 5.75 Å². The molecule has 1 amide bonds. The van der Waals surface area contributed by atoms with Gasteiger partial charge in [-0.1, -0.05) is 12.1 Å². The lowest BCUT2D eigenvalue weighted by molar-refractivity contribution is -0.121. The number of halogens is 3. The lowest BCUT2D eigenvalue weighted by Crippen LogP contribution is -2.39. The van der Waals surface area contributed by atoms with Gasteiger partial charge in [-0.15, -0.1) is 0 Å². The first-order valence-electron chi connectivity index (χ1n) is 8.21. The van der Waals surface area contributed by atoms with Gasteiger partial charge in [0.25, 0.3) is 0 Å². The van der Waals surface area contributed by atoms with E-state index in [0.717, 1.165) is 34.1 Å². The van der Waals surface area contributed by atoms with Gasteiger partial charge >= 0.3 is 6.61 Å². The molecule has 0 saturated heterocycles. The predicted octanol–water partition coefficient (Wildman–Crippen LogP) is 2.41. The molecule has 2 rings (SSSR count). The quantitative estimate of drug-likeness (QED) is 0.681. The number of nitrogens with zero attached hydrogens (tertiary/aromatic N) is 1. The van der Waals surface area contributed by atoms with Crippen molar-refractivity contribution in [1.29, 1.82) is 0 Å². The van der Waals surface area contributed by atoms with Crippen LogP contribution < -0.4 is 10.1 Å². The molecule has 28 heavy (non-hydrogen) atoms. The van der Waals surface area contributed by atoms with E-state index < -0.39 is 34.9 Å². The number of amides is 1. The van der Waals surface area contributed by atoms with E-state index in [2.05, 4.69) is 10.1 Å². The van der Waals surface area contributed by atoms with Crippen LogP contribution in [0.1, 0.15) is 5.56 Å². The molecule has 0 bridgehead atoms. The first-order chi connectivity index (χ1) is 13.2. The molecule has 0 aliphatic carbocycles. The Morgan fingerprint density at radius 2 is 1.71 bits per heavy atom. The third-order valence-electron chi connectivity index (χ3n) is 3.77. The summed E-state index contributed by atoms with van der Waals surface area (Å²) in [5.74, 6) is -1.03. The van der Waals surface area contributed by atoms with E-state index >= 15 is 0 Å². The van der Waals surface area contributed by atoms with E-state index in [1.807, 2.05) is 0 Å². The van der Waals surface area contributed by atoms with Gasteiger partial charge in [0.2, 0.25) is 15.9 Å². The SMILES string of the molecule is CN(CC(=O)NCCc1ccc(OC(F)F)cc1)S(=O)(=O)c1ccc(F)cc1. The second-order valence-corrected chi connectivity index (χ2v) is 7.88. The highest BCUT2D eigenvalue weighted by Crippen LogP contribution is 2.16. The number of sulfonamides is 1. The third kappa shape index (κ3) is 6.24. The lowest BCUT2D eigenvalue weighted by Gasteiger charge is -2.17. The van der Waals surface area contributed by atoms with Crippen LogP contribution >= 0.6 is 0 Å². The molecule has 6 nitrogen and oxygen atoms in total. The van der Waals surface area contributed by atoms with Gasteiger partial charge in [-0.3, -0.25) is 4.79 Å². The number of hydrogen-bond acceptors (Lipinski definition) is 4. The molecule has 0 unspecified atom stereocenters. The number of carbonyl (C=O) groups is 1. The van der Waals surface area contributed by atoms with Crippen LogP contribution in [0.3, 0.4) is 0 Å². The van der Waals surface area contributed by atoms with Crippen LogP contribution in [0.4, 0.5) is 13.2 Å². The molecular formula is C18H19F3N2O4S. The summed E-state index contributed by atoms with van der Waals surface area (Å²) in [6.07, 6.45) is 0.426. The largest absolute Gasteiger partial charge is 0.435 e. The number of carbonyl (C=O) groups excluding carboxylic acids is 1. The maximum absolute atomic E-state index is 12.9. The van der Waals surface area contributed by atoms with Crippen molar-refractivity contribution in [1.82, 2.24) is 9.62 Å². The van der Waals surface area contributed by atoms with Crippen molar-refractivity contribution in [3.63, 3.8) is 0 Å². The molecule has 2 aromatic carbocycles. The van der Waals surface area contributed by atoms with E-state index in [9.17, 15) is 26.4 Å². The maximum Gasteiger partial charge on any atom is 0.387 e. The van der Waals surface area contributed by atoms with Crippen LogP contribution in [0.15, 0.2) is 53.4 Å². The van der Waals surface area contributed by atoms with Crippen LogP contribution in [0, 0.1) is 5.82 Å². The molecule has 152 valence electrons. The normalized spacial score (nSPS) is 11.6. The van der Waals surface area contributed by atoms with Crippen LogP contribution in [-0.4, -0.2) is 45.4 Å². The maximum atomic E-state index is 12.9. The highest BCUT2D eigenvalue weighted by molar-refractivity contribution is 7.89. The van der Waals surface area contributed by atoms with Crippen LogP contribution in [0.25, 0.3) is 0 Å². The second-order valence-electron chi connectivity index (χ2n) is 5.84. The summed E-state index contributed by atoms with van der Waals surface area (Å²) in [4.78, 5) is 11.9. The number of hydrogen-bond donors (Lipinski definition) is 1. The van der Waals surface area contributed by atoms with Crippen molar-refractivity contribution in [2.45, 2.75) is 17.9 Å². The molecule has 2 aromatic rings. The smallest absolute Gasteiger partial charge is 0.387 e. The molecule has 1 N–H and O–H groups in total. The second kappa shape index (κ2) is 9.56. The average Bonchev–Trinajstić information content (AvgIpc) is 2.63. The van der Waals surface area contributed by atoms with E-state index in [1.54, 1.807) is 12.1 Å². The van der Waals surface area contributed by atoms with Crippen LogP contribution in [-0.2, 0) is 21.2 Å². The van der Waals surface area contributed by atoms with Crippen molar-refractivity contribution >= 4 is 15.9 Å². The summed E-state index contributed by atoms with van der Waals surface area (Å²) in [6, 6.07) is 10.3. The van der Waals surface area contributed by atoms with E-state index in [1.165, 1.54) is 19.2 Å². The van der Waals surface area contributed by atoms with Crippen molar-refractivity contribution < 1.29 is 31.1 Å². The lowest BCUT2D eigenvalue weighted by atomic mass is 10.1. The number of likely N-dealkylation sites (N-methyl/N-ethyl adjacent to an activating group) is 1. The number of ether oxygens (including phenoxy) is 1. The fraction of sp³-hybridized carbons (Fsp3) is 0.278. The Morgan fingerprint density at radius 3 is 2.29 bits per heavy atom. The van der Waals surface area contributed by atoms with Gasteiger partial charge in [0, 0.05) is 13.6 Å². The Morgan fingerprint density at radius 1 is 1.11 bits per heavy atom. The first-order valence-corrected chi connectivity index (χ1v) is 9.65. The molecule has 0 saturated carbocycles. The average molecular weight is 416 g/mol. The fourth-order valence-electron chi connectivity index (χ4n) is 2.31. The Kier molecular flexibility index (Phi) is 7.41. The molecule has 0 atom stereocenters. The van der Waals surface area contributed by atoms with Gasteiger partial charge in [0.1, 0.15) is 11.6 Å². The molecule has 0 aliphatic heterocycles. The van der Waals surface area contributed by atoms with Gasteiger partial charge in [0.05, 0.1) is 11.4 Å². The molecule has 0 fully saturated rings. The van der Waals surface area contributed by atoms with Crippen molar-refractivity contribution in [3.05, 3.63) is 59.9 Å². The zero-order valence-corrected chi connectivity index (χ0v) is 15.8. The minimum atomic E-state index is -3.91. The van der Waals surface area contributed by atoms with Gasteiger partial charge in [-0.2, -0.15) is 13.1 Å². The third-order valence-corrected chi connectivity index (χ3v) is 5.59. The van der Waals surface area contributed by atoms with Gasteiger partial charge in [0.15, 0.2) is 0 Å². The van der Waals surface area contributed by atoms with E-state index in [-0.39, 0.29) is 17.2 Å².